The fourth-order valence-corrected chi connectivity index (χ4v) is 1.97. The SMILES string of the molecule is O=C(O)C(Cc1ccc2ccccc2c1O)C(=O)O. The molecular weight excluding hydrogens is 248 g/mol. The van der Waals surface area contributed by atoms with Gasteiger partial charge >= 0.3 is 11.9 Å². The highest BCUT2D eigenvalue weighted by molar-refractivity contribution is 5.94. The third kappa shape index (κ3) is 2.49. The van der Waals surface area contributed by atoms with Crippen LogP contribution in [-0.4, -0.2) is 27.3 Å². The van der Waals surface area contributed by atoms with Gasteiger partial charge in [0.1, 0.15) is 5.75 Å². The molecule has 0 aliphatic carbocycles. The van der Waals surface area contributed by atoms with E-state index in [-0.39, 0.29) is 12.2 Å². The van der Waals surface area contributed by atoms with Crippen LogP contribution in [0.2, 0.25) is 0 Å². The molecule has 0 aliphatic heterocycles. The van der Waals surface area contributed by atoms with Crippen molar-refractivity contribution in [2.75, 3.05) is 0 Å². The molecule has 2 aromatic rings. The molecule has 0 aliphatic rings. The van der Waals surface area contributed by atoms with Crippen molar-refractivity contribution < 1.29 is 24.9 Å². The molecule has 0 aromatic heterocycles. The zero-order valence-electron chi connectivity index (χ0n) is 9.91. The van der Waals surface area contributed by atoms with E-state index in [2.05, 4.69) is 0 Å². The molecule has 19 heavy (non-hydrogen) atoms. The molecule has 0 unspecified atom stereocenters. The Kier molecular flexibility index (Phi) is 3.37. The minimum absolute atomic E-state index is 0.0643. The third-order valence-corrected chi connectivity index (χ3v) is 3.00. The Morgan fingerprint density at radius 1 is 1.00 bits per heavy atom. The Hall–Kier alpha value is -2.56. The predicted octanol–water partition coefficient (Wildman–Crippen LogP) is 1.87. The Balaban J connectivity index is 2.43. The number of aliphatic carboxylic acids is 2. The number of hydrogen-bond donors (Lipinski definition) is 3. The molecule has 0 bridgehead atoms. The second-order valence-corrected chi connectivity index (χ2v) is 4.23. The molecule has 3 N–H and O–H groups in total. The van der Waals surface area contributed by atoms with Gasteiger partial charge in [-0.1, -0.05) is 36.4 Å². The molecule has 2 aromatic carbocycles. The summed E-state index contributed by atoms with van der Waals surface area (Å²) < 4.78 is 0. The van der Waals surface area contributed by atoms with E-state index >= 15 is 0 Å². The van der Waals surface area contributed by atoms with E-state index < -0.39 is 17.9 Å². The summed E-state index contributed by atoms with van der Waals surface area (Å²) in [4.78, 5) is 21.7. The predicted molar refractivity (Wildman–Crippen MR) is 68.1 cm³/mol. The van der Waals surface area contributed by atoms with Crippen LogP contribution >= 0.6 is 0 Å². The molecule has 0 atom stereocenters. The zero-order valence-corrected chi connectivity index (χ0v) is 9.91. The highest BCUT2D eigenvalue weighted by atomic mass is 16.4. The summed E-state index contributed by atoms with van der Waals surface area (Å²) in [5, 5.41) is 29.2. The highest BCUT2D eigenvalue weighted by Gasteiger charge is 2.27. The van der Waals surface area contributed by atoms with E-state index in [0.29, 0.717) is 10.9 Å². The Bertz CT molecular complexity index is 633. The first-order chi connectivity index (χ1) is 9.00. The first-order valence-electron chi connectivity index (χ1n) is 5.66. The van der Waals surface area contributed by atoms with Crippen molar-refractivity contribution in [3.05, 3.63) is 42.0 Å². The van der Waals surface area contributed by atoms with Gasteiger partial charge in [-0.3, -0.25) is 9.59 Å². The van der Waals surface area contributed by atoms with Gasteiger partial charge in [0, 0.05) is 5.39 Å². The minimum atomic E-state index is -1.56. The van der Waals surface area contributed by atoms with E-state index in [9.17, 15) is 14.7 Å². The van der Waals surface area contributed by atoms with Crippen molar-refractivity contribution in [1.29, 1.82) is 0 Å². The van der Waals surface area contributed by atoms with Crippen LogP contribution in [0.5, 0.6) is 5.75 Å². The summed E-state index contributed by atoms with van der Waals surface area (Å²) >= 11 is 0. The maximum absolute atomic E-state index is 10.9. The van der Waals surface area contributed by atoms with Gasteiger partial charge in [0.2, 0.25) is 0 Å². The molecule has 0 heterocycles. The van der Waals surface area contributed by atoms with Crippen molar-refractivity contribution in [3.8, 4) is 5.75 Å². The summed E-state index contributed by atoms with van der Waals surface area (Å²) in [6.07, 6.45) is -0.249. The number of fused-ring (bicyclic) bond motifs is 1. The highest BCUT2D eigenvalue weighted by Crippen LogP contribution is 2.30. The number of phenolic OH excluding ortho intramolecular Hbond substituents is 1. The maximum Gasteiger partial charge on any atom is 0.318 e. The second kappa shape index (κ2) is 4.97. The van der Waals surface area contributed by atoms with E-state index in [1.54, 1.807) is 24.3 Å². The number of aromatic hydroxyl groups is 1. The first-order valence-corrected chi connectivity index (χ1v) is 5.66. The van der Waals surface area contributed by atoms with Crippen LogP contribution in [0, 0.1) is 5.92 Å². The quantitative estimate of drug-likeness (QED) is 0.729. The van der Waals surface area contributed by atoms with Crippen LogP contribution in [0.4, 0.5) is 0 Å². The standard InChI is InChI=1S/C14H12O5/c15-12-9(7-11(13(16)17)14(18)19)6-5-8-3-1-2-4-10(8)12/h1-6,11,15H,7H2,(H,16,17)(H,18,19). The number of phenols is 1. The number of carbonyl (C=O) groups is 2. The minimum Gasteiger partial charge on any atom is -0.507 e. The van der Waals surface area contributed by atoms with Gasteiger partial charge in [-0.05, 0) is 17.4 Å². The van der Waals surface area contributed by atoms with Crippen LogP contribution in [0.3, 0.4) is 0 Å². The first kappa shape index (κ1) is 12.9. The Morgan fingerprint density at radius 2 is 1.63 bits per heavy atom. The van der Waals surface area contributed by atoms with E-state index in [4.69, 9.17) is 10.2 Å². The van der Waals surface area contributed by atoms with E-state index in [1.165, 1.54) is 0 Å². The van der Waals surface area contributed by atoms with Crippen LogP contribution in [-0.2, 0) is 16.0 Å². The van der Waals surface area contributed by atoms with Crippen LogP contribution < -0.4 is 0 Å². The summed E-state index contributed by atoms with van der Waals surface area (Å²) in [6, 6.07) is 10.4. The summed E-state index contributed by atoms with van der Waals surface area (Å²) in [5.74, 6) is -4.46. The summed E-state index contributed by atoms with van der Waals surface area (Å²) in [7, 11) is 0. The van der Waals surface area contributed by atoms with Crippen molar-refractivity contribution in [2.45, 2.75) is 6.42 Å². The smallest absolute Gasteiger partial charge is 0.318 e. The molecule has 0 radical (unpaired) electrons. The van der Waals surface area contributed by atoms with Gasteiger partial charge in [-0.25, -0.2) is 0 Å². The number of benzene rings is 2. The van der Waals surface area contributed by atoms with Gasteiger partial charge in [-0.2, -0.15) is 0 Å². The number of carboxylic acids is 2. The summed E-state index contributed by atoms with van der Waals surface area (Å²) in [5.41, 5.74) is 0.313. The lowest BCUT2D eigenvalue weighted by Gasteiger charge is -2.11. The number of carboxylic acid groups (broad SMARTS) is 2. The normalized spacial score (nSPS) is 10.8. The molecule has 0 saturated carbocycles. The van der Waals surface area contributed by atoms with Crippen LogP contribution in [0.1, 0.15) is 5.56 Å². The van der Waals surface area contributed by atoms with Crippen molar-refractivity contribution in [3.63, 3.8) is 0 Å². The topological polar surface area (TPSA) is 94.8 Å². The fraction of sp³-hybridized carbons (Fsp3) is 0.143. The lowest BCUT2D eigenvalue weighted by atomic mass is 9.96. The van der Waals surface area contributed by atoms with Gasteiger partial charge in [0.25, 0.3) is 0 Å². The molecular formula is C14H12O5. The third-order valence-electron chi connectivity index (χ3n) is 3.00. The molecule has 2 rings (SSSR count). The molecule has 0 amide bonds. The van der Waals surface area contributed by atoms with Crippen LogP contribution in [0.25, 0.3) is 10.8 Å². The van der Waals surface area contributed by atoms with Crippen LogP contribution in [0.15, 0.2) is 36.4 Å². The monoisotopic (exact) mass is 260 g/mol. The molecule has 0 fully saturated rings. The van der Waals surface area contributed by atoms with Crippen molar-refractivity contribution in [1.82, 2.24) is 0 Å². The lowest BCUT2D eigenvalue weighted by Crippen LogP contribution is -2.25. The zero-order chi connectivity index (χ0) is 14.0. The molecule has 98 valence electrons. The molecule has 0 spiro atoms. The van der Waals surface area contributed by atoms with Gasteiger partial charge in [0.05, 0.1) is 0 Å². The average Bonchev–Trinajstić information content (AvgIpc) is 2.37. The lowest BCUT2D eigenvalue weighted by molar-refractivity contribution is -0.154. The van der Waals surface area contributed by atoms with E-state index in [0.717, 1.165) is 5.39 Å². The number of rotatable bonds is 4. The largest absolute Gasteiger partial charge is 0.507 e. The summed E-state index contributed by atoms with van der Waals surface area (Å²) in [6.45, 7) is 0. The maximum atomic E-state index is 10.9. The number of hydrogen-bond acceptors (Lipinski definition) is 3. The fourth-order valence-electron chi connectivity index (χ4n) is 1.97. The Labute approximate surface area is 108 Å². The Morgan fingerprint density at radius 3 is 2.26 bits per heavy atom. The average molecular weight is 260 g/mol. The van der Waals surface area contributed by atoms with E-state index in [1.807, 2.05) is 12.1 Å². The van der Waals surface area contributed by atoms with Crippen molar-refractivity contribution >= 4 is 22.7 Å². The van der Waals surface area contributed by atoms with Gasteiger partial charge < -0.3 is 15.3 Å². The molecule has 0 saturated heterocycles. The van der Waals surface area contributed by atoms with Crippen molar-refractivity contribution in [2.24, 2.45) is 5.92 Å². The second-order valence-electron chi connectivity index (χ2n) is 4.23. The van der Waals surface area contributed by atoms with Gasteiger partial charge in [0.15, 0.2) is 5.92 Å². The molecule has 5 heteroatoms. The van der Waals surface area contributed by atoms with Gasteiger partial charge in [-0.15, -0.1) is 0 Å². The molecule has 5 nitrogen and oxygen atoms in total.